The molecule has 21 heavy (non-hydrogen) atoms. The average Bonchev–Trinajstić information content (AvgIpc) is 3.10. The van der Waals surface area contributed by atoms with Crippen LogP contribution in [0.25, 0.3) is 0 Å². The zero-order valence-corrected chi connectivity index (χ0v) is 13.8. The Morgan fingerprint density at radius 1 is 1.57 bits per heavy atom. The van der Waals surface area contributed by atoms with Gasteiger partial charge in [0.25, 0.3) is 0 Å². The second kappa shape index (κ2) is 7.58. The lowest BCUT2D eigenvalue weighted by molar-refractivity contribution is -0.117. The van der Waals surface area contributed by atoms with Gasteiger partial charge in [0.15, 0.2) is 4.34 Å². The summed E-state index contributed by atoms with van der Waals surface area (Å²) in [4.78, 5) is 13.9. The van der Waals surface area contributed by atoms with Crippen LogP contribution in [0.3, 0.4) is 0 Å². The van der Waals surface area contributed by atoms with Crippen molar-refractivity contribution in [1.29, 1.82) is 0 Å². The lowest BCUT2D eigenvalue weighted by Gasteiger charge is -2.21. The molecule has 0 bridgehead atoms. The van der Waals surface area contributed by atoms with E-state index < -0.39 is 0 Å². The molecule has 0 unspecified atom stereocenters. The molecule has 6 nitrogen and oxygen atoms in total. The number of nitrogens with one attached hydrogen (secondary N) is 1. The van der Waals surface area contributed by atoms with Gasteiger partial charge in [0.05, 0.1) is 18.8 Å². The summed E-state index contributed by atoms with van der Waals surface area (Å²) in [6.45, 7) is 4.31. The van der Waals surface area contributed by atoms with Gasteiger partial charge in [-0.05, 0) is 31.9 Å². The van der Waals surface area contributed by atoms with Crippen molar-refractivity contribution in [3.05, 3.63) is 24.2 Å². The molecule has 0 spiro atoms. The standard InChI is InChI=1S/C13H18N4O2S2/c1-4-20-13-16-15-12(21-13)14-11(18)8-17(3)9(2)10-6-5-7-19-10/h5-7,9H,4,8H2,1-3H3,(H,14,15,18)/t9-/m1/s1. The number of furan rings is 1. The highest BCUT2D eigenvalue weighted by Gasteiger charge is 2.17. The number of hydrogen-bond donors (Lipinski definition) is 1. The number of nitrogens with zero attached hydrogens (tertiary/aromatic N) is 3. The van der Waals surface area contributed by atoms with Crippen molar-refractivity contribution in [3.63, 3.8) is 0 Å². The summed E-state index contributed by atoms with van der Waals surface area (Å²) in [6, 6.07) is 3.78. The van der Waals surface area contributed by atoms with Gasteiger partial charge in [-0.25, -0.2) is 0 Å². The highest BCUT2D eigenvalue weighted by molar-refractivity contribution is 8.01. The van der Waals surface area contributed by atoms with Crippen LogP contribution >= 0.6 is 23.1 Å². The number of amides is 1. The number of hydrogen-bond acceptors (Lipinski definition) is 7. The predicted octanol–water partition coefficient (Wildman–Crippen LogP) is 2.87. The highest BCUT2D eigenvalue weighted by atomic mass is 32.2. The van der Waals surface area contributed by atoms with E-state index in [4.69, 9.17) is 4.42 Å². The molecule has 0 radical (unpaired) electrons. The predicted molar refractivity (Wildman–Crippen MR) is 84.7 cm³/mol. The van der Waals surface area contributed by atoms with Gasteiger partial charge in [0, 0.05) is 0 Å². The molecule has 1 amide bonds. The molecule has 0 aliphatic heterocycles. The largest absolute Gasteiger partial charge is 0.468 e. The molecule has 0 aliphatic rings. The molecule has 2 heterocycles. The first-order chi connectivity index (χ1) is 10.1. The average molecular weight is 326 g/mol. The Bertz CT molecular complexity index is 570. The first-order valence-corrected chi connectivity index (χ1v) is 8.40. The molecule has 114 valence electrons. The van der Waals surface area contributed by atoms with Crippen molar-refractivity contribution < 1.29 is 9.21 Å². The molecule has 0 fully saturated rings. The second-order valence-corrected chi connectivity index (χ2v) is 6.95. The fourth-order valence-electron chi connectivity index (χ4n) is 1.71. The van der Waals surface area contributed by atoms with Crippen molar-refractivity contribution in [2.24, 2.45) is 0 Å². The maximum atomic E-state index is 12.0. The van der Waals surface area contributed by atoms with E-state index in [2.05, 4.69) is 22.4 Å². The summed E-state index contributed by atoms with van der Waals surface area (Å²) in [6.07, 6.45) is 1.63. The van der Waals surface area contributed by atoms with Crippen LogP contribution in [-0.4, -0.2) is 40.3 Å². The Balaban J connectivity index is 1.85. The van der Waals surface area contributed by atoms with E-state index in [0.29, 0.717) is 5.13 Å². The Morgan fingerprint density at radius 3 is 3.05 bits per heavy atom. The van der Waals surface area contributed by atoms with E-state index in [-0.39, 0.29) is 18.5 Å². The molecule has 0 saturated heterocycles. The minimum atomic E-state index is -0.111. The maximum absolute atomic E-state index is 12.0. The Hall–Kier alpha value is -1.38. The van der Waals surface area contributed by atoms with Crippen LogP contribution in [0.5, 0.6) is 0 Å². The monoisotopic (exact) mass is 326 g/mol. The molecule has 8 heteroatoms. The number of carbonyl (C=O) groups is 1. The molecule has 0 saturated carbocycles. The number of likely N-dealkylation sites (N-methyl/N-ethyl adjacent to an activating group) is 1. The van der Waals surface area contributed by atoms with E-state index in [1.165, 1.54) is 11.3 Å². The number of anilines is 1. The van der Waals surface area contributed by atoms with Gasteiger partial charge in [-0.15, -0.1) is 10.2 Å². The highest BCUT2D eigenvalue weighted by Crippen LogP contribution is 2.25. The number of carbonyl (C=O) groups excluding carboxylic acids is 1. The molecule has 1 N–H and O–H groups in total. The van der Waals surface area contributed by atoms with Crippen molar-refractivity contribution in [3.8, 4) is 0 Å². The molecular formula is C13H18N4O2S2. The Kier molecular flexibility index (Phi) is 5.77. The maximum Gasteiger partial charge on any atom is 0.240 e. The normalized spacial score (nSPS) is 12.6. The molecule has 2 rings (SSSR count). The Labute approximate surface area is 131 Å². The molecule has 2 aromatic heterocycles. The van der Waals surface area contributed by atoms with Gasteiger partial charge < -0.3 is 4.42 Å². The van der Waals surface area contributed by atoms with E-state index in [9.17, 15) is 4.79 Å². The third-order valence-electron chi connectivity index (χ3n) is 2.93. The van der Waals surface area contributed by atoms with Gasteiger partial charge in [0.1, 0.15) is 5.76 Å². The zero-order valence-electron chi connectivity index (χ0n) is 12.2. The Morgan fingerprint density at radius 2 is 2.38 bits per heavy atom. The summed E-state index contributed by atoms with van der Waals surface area (Å²) in [5.41, 5.74) is 0. The van der Waals surface area contributed by atoms with Crippen molar-refractivity contribution in [2.75, 3.05) is 24.7 Å². The van der Waals surface area contributed by atoms with Crippen LogP contribution in [0, 0.1) is 0 Å². The SMILES string of the molecule is CCSc1nnc(NC(=O)CN(C)[C@H](C)c2ccco2)s1. The van der Waals surface area contributed by atoms with Gasteiger partial charge in [-0.3, -0.25) is 15.0 Å². The van der Waals surface area contributed by atoms with Crippen molar-refractivity contribution in [2.45, 2.75) is 24.2 Å². The van der Waals surface area contributed by atoms with Gasteiger partial charge >= 0.3 is 0 Å². The summed E-state index contributed by atoms with van der Waals surface area (Å²) >= 11 is 3.00. The van der Waals surface area contributed by atoms with E-state index >= 15 is 0 Å². The summed E-state index contributed by atoms with van der Waals surface area (Å²) in [7, 11) is 1.88. The third-order valence-corrected chi connectivity index (χ3v) is 4.78. The van der Waals surface area contributed by atoms with Crippen molar-refractivity contribution >= 4 is 34.1 Å². The number of rotatable bonds is 7. The van der Waals surface area contributed by atoms with Crippen LogP contribution in [-0.2, 0) is 4.79 Å². The minimum absolute atomic E-state index is 0.0337. The molecule has 0 aliphatic carbocycles. The summed E-state index contributed by atoms with van der Waals surface area (Å²) in [5.74, 6) is 1.66. The van der Waals surface area contributed by atoms with Crippen LogP contribution < -0.4 is 5.32 Å². The van der Waals surface area contributed by atoms with Gasteiger partial charge in [-0.1, -0.05) is 30.0 Å². The first kappa shape index (κ1) is 16.0. The third kappa shape index (κ3) is 4.55. The van der Waals surface area contributed by atoms with Crippen LogP contribution in [0.15, 0.2) is 27.2 Å². The number of aromatic nitrogens is 2. The lowest BCUT2D eigenvalue weighted by Crippen LogP contribution is -2.32. The van der Waals surface area contributed by atoms with E-state index in [1.807, 2.05) is 31.0 Å². The fraction of sp³-hybridized carbons (Fsp3) is 0.462. The smallest absolute Gasteiger partial charge is 0.240 e. The van der Waals surface area contributed by atoms with Crippen molar-refractivity contribution in [1.82, 2.24) is 15.1 Å². The number of thioether (sulfide) groups is 1. The first-order valence-electron chi connectivity index (χ1n) is 6.60. The van der Waals surface area contributed by atoms with Crippen LogP contribution in [0.4, 0.5) is 5.13 Å². The van der Waals surface area contributed by atoms with Gasteiger partial charge in [0.2, 0.25) is 11.0 Å². The molecular weight excluding hydrogens is 308 g/mol. The van der Waals surface area contributed by atoms with Crippen LogP contribution in [0.2, 0.25) is 0 Å². The molecule has 0 aromatic carbocycles. The lowest BCUT2D eigenvalue weighted by atomic mass is 10.2. The fourth-order valence-corrected chi connectivity index (χ4v) is 3.38. The quantitative estimate of drug-likeness (QED) is 0.623. The topological polar surface area (TPSA) is 71.3 Å². The second-order valence-electron chi connectivity index (χ2n) is 4.46. The molecule has 2 aromatic rings. The minimum Gasteiger partial charge on any atom is -0.468 e. The van der Waals surface area contributed by atoms with Crippen LogP contribution in [0.1, 0.15) is 25.6 Å². The zero-order chi connectivity index (χ0) is 15.2. The molecule has 1 atom stereocenters. The summed E-state index contributed by atoms with van der Waals surface area (Å²) < 4.78 is 6.22. The van der Waals surface area contributed by atoms with Gasteiger partial charge in [-0.2, -0.15) is 0 Å². The summed E-state index contributed by atoms with van der Waals surface area (Å²) in [5, 5.41) is 11.3. The van der Waals surface area contributed by atoms with E-state index in [1.54, 1.807) is 18.0 Å². The van der Waals surface area contributed by atoms with E-state index in [0.717, 1.165) is 15.9 Å².